The van der Waals surface area contributed by atoms with E-state index >= 15 is 0 Å². The van der Waals surface area contributed by atoms with Gasteiger partial charge in [-0.1, -0.05) is 41.4 Å². The highest BCUT2D eigenvalue weighted by Gasteiger charge is 2.31. The molecule has 47 heavy (non-hydrogen) atoms. The van der Waals surface area contributed by atoms with Crippen molar-refractivity contribution < 1.29 is 32.4 Å². The molecule has 0 atom stereocenters. The Bertz CT molecular complexity index is 1940. The Labute approximate surface area is 279 Å². The highest BCUT2D eigenvalue weighted by atomic mass is 35.5. The average molecular weight is 701 g/mol. The predicted molar refractivity (Wildman–Crippen MR) is 178 cm³/mol. The summed E-state index contributed by atoms with van der Waals surface area (Å²) in [5.74, 6) is -0.760. The Kier molecular flexibility index (Phi) is 11.4. The number of anilines is 2. The molecule has 2 N–H and O–H groups in total. The third kappa shape index (κ3) is 8.97. The molecular weight excluding hydrogens is 673 g/mol. The standard InChI is InChI=1S/C31H27Cl2N5O8S/c1-20-7-13-24(16-27(20)38(41)42)47(43,44)37(28-15-22(32)10-14-29(28)45-2)18-30(39)36-34-17-21-8-11-23(12-9-21)46-19-31(40)35-26-6-4-3-5-25(26)33/h3-17H,18-19H2,1-2H3,(H,35,40)(H,36,39)/b34-17-. The number of benzene rings is 4. The van der Waals surface area contributed by atoms with E-state index < -0.39 is 43.9 Å². The van der Waals surface area contributed by atoms with Gasteiger partial charge in [-0.2, -0.15) is 5.10 Å². The Morgan fingerprint density at radius 1 is 1.00 bits per heavy atom. The summed E-state index contributed by atoms with van der Waals surface area (Å²) in [7, 11) is -3.25. The van der Waals surface area contributed by atoms with Crippen LogP contribution in [-0.2, 0) is 19.6 Å². The van der Waals surface area contributed by atoms with Crippen LogP contribution in [0.4, 0.5) is 17.1 Å². The molecule has 0 aliphatic rings. The van der Waals surface area contributed by atoms with E-state index in [0.717, 1.165) is 10.4 Å². The molecule has 0 aliphatic heterocycles. The van der Waals surface area contributed by atoms with E-state index in [4.69, 9.17) is 32.7 Å². The maximum Gasteiger partial charge on any atom is 0.273 e. The summed E-state index contributed by atoms with van der Waals surface area (Å²) >= 11 is 12.2. The molecule has 16 heteroatoms. The number of aryl methyl sites for hydroxylation is 1. The SMILES string of the molecule is COc1ccc(Cl)cc1N(CC(=O)N/N=C\c1ccc(OCC(=O)Nc2ccccc2Cl)cc1)S(=O)(=O)c1ccc(C)c([N+](=O)[O-])c1. The summed E-state index contributed by atoms with van der Waals surface area (Å²) in [4.78, 5) is 35.6. The van der Waals surface area contributed by atoms with Gasteiger partial charge in [0.05, 0.1) is 39.5 Å². The Hall–Kier alpha value is -5.18. The number of sulfonamides is 1. The van der Waals surface area contributed by atoms with E-state index in [2.05, 4.69) is 15.8 Å². The summed E-state index contributed by atoms with van der Waals surface area (Å²) in [6, 6.07) is 20.8. The first-order valence-corrected chi connectivity index (χ1v) is 15.8. The van der Waals surface area contributed by atoms with Crippen LogP contribution in [-0.4, -0.2) is 51.6 Å². The number of methoxy groups -OCH3 is 1. The fraction of sp³-hybridized carbons (Fsp3) is 0.129. The zero-order valence-electron chi connectivity index (χ0n) is 24.8. The Morgan fingerprint density at radius 2 is 1.72 bits per heavy atom. The van der Waals surface area contributed by atoms with E-state index in [9.17, 15) is 28.1 Å². The van der Waals surface area contributed by atoms with Gasteiger partial charge in [0.2, 0.25) is 0 Å². The van der Waals surface area contributed by atoms with E-state index in [0.29, 0.717) is 22.0 Å². The van der Waals surface area contributed by atoms with Gasteiger partial charge in [-0.15, -0.1) is 0 Å². The van der Waals surface area contributed by atoms with Gasteiger partial charge in [0.15, 0.2) is 6.61 Å². The second-order valence-electron chi connectivity index (χ2n) is 9.71. The van der Waals surface area contributed by atoms with Crippen LogP contribution in [0.15, 0.2) is 94.9 Å². The minimum Gasteiger partial charge on any atom is -0.495 e. The summed E-state index contributed by atoms with van der Waals surface area (Å²) in [6.45, 7) is 0.434. The number of hydrogen-bond acceptors (Lipinski definition) is 9. The van der Waals surface area contributed by atoms with Crippen molar-refractivity contribution in [1.82, 2.24) is 5.43 Å². The highest BCUT2D eigenvalue weighted by molar-refractivity contribution is 7.92. The second kappa shape index (κ2) is 15.4. The van der Waals surface area contributed by atoms with Gasteiger partial charge in [0, 0.05) is 16.7 Å². The quantitative estimate of drug-likeness (QED) is 0.103. The smallest absolute Gasteiger partial charge is 0.273 e. The molecule has 0 fully saturated rings. The number of amides is 2. The van der Waals surface area contributed by atoms with Gasteiger partial charge in [-0.3, -0.25) is 24.0 Å². The number of carbonyl (C=O) groups is 2. The zero-order valence-corrected chi connectivity index (χ0v) is 27.2. The first kappa shape index (κ1) is 34.7. The Morgan fingerprint density at radius 3 is 2.40 bits per heavy atom. The molecule has 0 unspecified atom stereocenters. The lowest BCUT2D eigenvalue weighted by molar-refractivity contribution is -0.385. The Balaban J connectivity index is 1.45. The normalized spacial score (nSPS) is 11.1. The van der Waals surface area contributed by atoms with Crippen molar-refractivity contribution in [2.45, 2.75) is 11.8 Å². The predicted octanol–water partition coefficient (Wildman–Crippen LogP) is 5.58. The van der Waals surface area contributed by atoms with Crippen LogP contribution in [0.2, 0.25) is 10.0 Å². The number of rotatable bonds is 13. The van der Waals surface area contributed by atoms with Crippen molar-refractivity contribution >= 4 is 68.3 Å². The van der Waals surface area contributed by atoms with Crippen molar-refractivity contribution in [3.8, 4) is 11.5 Å². The van der Waals surface area contributed by atoms with Gasteiger partial charge >= 0.3 is 0 Å². The number of para-hydroxylation sites is 1. The lowest BCUT2D eigenvalue weighted by Crippen LogP contribution is -2.39. The van der Waals surface area contributed by atoms with Gasteiger partial charge in [0.25, 0.3) is 27.5 Å². The molecule has 0 heterocycles. The molecule has 0 bridgehead atoms. The third-order valence-corrected chi connectivity index (χ3v) is 8.78. The topological polar surface area (TPSA) is 170 Å². The van der Waals surface area contributed by atoms with Crippen molar-refractivity contribution in [2.75, 3.05) is 29.9 Å². The maximum absolute atomic E-state index is 13.8. The monoisotopic (exact) mass is 699 g/mol. The molecule has 0 spiro atoms. The van der Waals surface area contributed by atoms with Crippen LogP contribution in [0.1, 0.15) is 11.1 Å². The number of nitro groups is 1. The molecule has 0 aliphatic carbocycles. The maximum atomic E-state index is 13.8. The summed E-state index contributed by atoms with van der Waals surface area (Å²) in [6.07, 6.45) is 1.31. The fourth-order valence-electron chi connectivity index (χ4n) is 4.12. The first-order chi connectivity index (χ1) is 22.4. The van der Waals surface area contributed by atoms with Crippen molar-refractivity contribution in [3.63, 3.8) is 0 Å². The zero-order chi connectivity index (χ0) is 34.1. The van der Waals surface area contributed by atoms with Crippen LogP contribution in [0.5, 0.6) is 11.5 Å². The molecular formula is C31H27Cl2N5O8S. The molecule has 4 aromatic carbocycles. The molecule has 4 rings (SSSR count). The molecule has 0 saturated carbocycles. The average Bonchev–Trinajstić information content (AvgIpc) is 3.04. The first-order valence-electron chi connectivity index (χ1n) is 13.6. The van der Waals surface area contributed by atoms with Crippen molar-refractivity contribution in [2.24, 2.45) is 5.10 Å². The van der Waals surface area contributed by atoms with Crippen LogP contribution >= 0.6 is 23.2 Å². The van der Waals surface area contributed by atoms with E-state index in [-0.39, 0.29) is 28.6 Å². The van der Waals surface area contributed by atoms with Gasteiger partial charge in [-0.25, -0.2) is 13.8 Å². The van der Waals surface area contributed by atoms with E-state index in [1.165, 1.54) is 50.6 Å². The van der Waals surface area contributed by atoms with Crippen LogP contribution in [0.25, 0.3) is 0 Å². The van der Waals surface area contributed by atoms with Crippen molar-refractivity contribution in [1.29, 1.82) is 0 Å². The number of ether oxygens (including phenoxy) is 2. The number of nitro benzene ring substituents is 1. The minimum absolute atomic E-state index is 0.0708. The summed E-state index contributed by atoms with van der Waals surface area (Å²) in [5.41, 5.74) is 3.06. The second-order valence-corrected chi connectivity index (χ2v) is 12.4. The molecule has 0 saturated heterocycles. The summed E-state index contributed by atoms with van der Waals surface area (Å²) in [5, 5.41) is 18.6. The minimum atomic E-state index is -4.56. The van der Waals surface area contributed by atoms with Gasteiger partial charge in [0.1, 0.15) is 18.0 Å². The van der Waals surface area contributed by atoms with Crippen LogP contribution in [0.3, 0.4) is 0 Å². The van der Waals surface area contributed by atoms with Crippen LogP contribution < -0.4 is 24.5 Å². The van der Waals surface area contributed by atoms with Crippen LogP contribution in [0, 0.1) is 17.0 Å². The molecule has 0 radical (unpaired) electrons. The molecule has 0 aromatic heterocycles. The number of carbonyl (C=O) groups excluding carboxylic acids is 2. The fourth-order valence-corrected chi connectivity index (χ4v) is 5.92. The van der Waals surface area contributed by atoms with Crippen molar-refractivity contribution in [3.05, 3.63) is 116 Å². The number of hydrogen-bond donors (Lipinski definition) is 2. The van der Waals surface area contributed by atoms with Gasteiger partial charge < -0.3 is 14.8 Å². The van der Waals surface area contributed by atoms with E-state index in [1.807, 2.05) is 0 Å². The van der Waals surface area contributed by atoms with E-state index in [1.54, 1.807) is 48.5 Å². The number of halogens is 2. The van der Waals surface area contributed by atoms with Gasteiger partial charge in [-0.05, 0) is 73.2 Å². The summed E-state index contributed by atoms with van der Waals surface area (Å²) < 4.78 is 39.2. The molecule has 4 aromatic rings. The third-order valence-electron chi connectivity index (χ3n) is 6.46. The highest BCUT2D eigenvalue weighted by Crippen LogP contribution is 2.35. The number of hydrazone groups is 1. The lowest BCUT2D eigenvalue weighted by Gasteiger charge is -2.25. The number of nitrogens with zero attached hydrogens (tertiary/aromatic N) is 3. The lowest BCUT2D eigenvalue weighted by atomic mass is 10.2. The molecule has 2 amide bonds. The largest absolute Gasteiger partial charge is 0.495 e. The molecule has 13 nitrogen and oxygen atoms in total. The molecule has 244 valence electrons. The number of nitrogens with one attached hydrogen (secondary N) is 2.